The molecule has 2 atom stereocenters. The molecule has 1 aliphatic heterocycles. The van der Waals surface area contributed by atoms with Gasteiger partial charge in [-0.05, 0) is 56.6 Å². The summed E-state index contributed by atoms with van der Waals surface area (Å²) in [4.78, 5) is 44.4. The quantitative estimate of drug-likeness (QED) is 0.517. The minimum atomic E-state index is -3.92. The van der Waals surface area contributed by atoms with E-state index in [4.69, 9.17) is 0 Å². The van der Waals surface area contributed by atoms with Crippen molar-refractivity contribution in [3.63, 3.8) is 0 Å². The molecule has 0 aliphatic carbocycles. The molecule has 10 heteroatoms. The first-order valence-electron chi connectivity index (χ1n) is 12.0. The molecule has 1 aromatic heterocycles. The smallest absolute Gasteiger partial charge is 0.287 e. The maximum Gasteiger partial charge on any atom is 0.287 e. The number of aromatic nitrogens is 1. The first-order valence-corrected chi connectivity index (χ1v) is 14.4. The van der Waals surface area contributed by atoms with Crippen LogP contribution in [0.25, 0.3) is 0 Å². The fraction of sp³-hybridized carbons (Fsp3) is 0.520. The van der Waals surface area contributed by atoms with Crippen molar-refractivity contribution in [2.24, 2.45) is 11.8 Å². The topological polar surface area (TPSA) is 122 Å². The lowest BCUT2D eigenvalue weighted by Gasteiger charge is -2.22. The summed E-state index contributed by atoms with van der Waals surface area (Å²) in [6.07, 6.45) is 3.25. The zero-order valence-electron chi connectivity index (χ0n) is 20.2. The Morgan fingerprint density at radius 1 is 1.17 bits per heavy atom. The number of hydrogen-bond donors (Lipinski definition) is 2. The van der Waals surface area contributed by atoms with Crippen molar-refractivity contribution in [2.45, 2.75) is 69.7 Å². The zero-order valence-corrected chi connectivity index (χ0v) is 21.8. The number of nitrogens with zero attached hydrogens (tertiary/aromatic N) is 1. The summed E-state index contributed by atoms with van der Waals surface area (Å²) in [5, 5.41) is 2.67. The molecule has 1 aromatic carbocycles. The molecule has 1 aliphatic rings. The Balaban J connectivity index is 1.76. The van der Waals surface area contributed by atoms with Crippen LogP contribution in [0.2, 0.25) is 0 Å². The first kappa shape index (κ1) is 27.2. The third-order valence-electron chi connectivity index (χ3n) is 6.05. The summed E-state index contributed by atoms with van der Waals surface area (Å²) in [5.74, 6) is -2.45. The Hall–Kier alpha value is -2.43. The van der Waals surface area contributed by atoms with Crippen molar-refractivity contribution in [1.82, 2.24) is 15.0 Å². The largest absolute Gasteiger partial charge is 0.349 e. The number of carbonyl (C=O) groups is 3. The van der Waals surface area contributed by atoms with E-state index in [1.54, 1.807) is 29.5 Å². The summed E-state index contributed by atoms with van der Waals surface area (Å²) in [7, 11) is -3.92. The molecule has 2 N–H and O–H groups in total. The maximum absolute atomic E-state index is 13.3. The van der Waals surface area contributed by atoms with Gasteiger partial charge < -0.3 is 5.32 Å². The number of carbonyl (C=O) groups excluding carboxylic acids is 3. The molecular formula is C25H33N3O5S2. The van der Waals surface area contributed by atoms with E-state index >= 15 is 0 Å². The van der Waals surface area contributed by atoms with Crippen LogP contribution in [0, 0.1) is 11.8 Å². The lowest BCUT2D eigenvalue weighted by molar-refractivity contribution is -0.141. The van der Waals surface area contributed by atoms with Gasteiger partial charge in [-0.25, -0.2) is 18.1 Å². The number of fused-ring (bicyclic) bond motifs is 1. The Morgan fingerprint density at radius 3 is 2.63 bits per heavy atom. The third kappa shape index (κ3) is 7.78. The predicted octanol–water partition coefficient (Wildman–Crippen LogP) is 3.07. The second-order valence-electron chi connectivity index (χ2n) is 9.32. The molecule has 3 rings (SSSR count). The van der Waals surface area contributed by atoms with Crippen molar-refractivity contribution >= 4 is 38.8 Å². The van der Waals surface area contributed by atoms with Gasteiger partial charge in [0.05, 0.1) is 22.1 Å². The van der Waals surface area contributed by atoms with Gasteiger partial charge >= 0.3 is 0 Å². The Bertz CT molecular complexity index is 1130. The molecule has 0 fully saturated rings. The van der Waals surface area contributed by atoms with Crippen molar-refractivity contribution in [1.29, 1.82) is 0 Å². The number of hydrogen-bond acceptors (Lipinski definition) is 7. The van der Waals surface area contributed by atoms with Crippen molar-refractivity contribution in [3.05, 3.63) is 46.4 Å². The molecule has 0 spiro atoms. The molecule has 190 valence electrons. The van der Waals surface area contributed by atoms with Crippen LogP contribution in [-0.2, 0) is 37.2 Å². The Labute approximate surface area is 211 Å². The predicted molar refractivity (Wildman–Crippen MR) is 135 cm³/mol. The van der Waals surface area contributed by atoms with Crippen LogP contribution in [0.3, 0.4) is 0 Å². The van der Waals surface area contributed by atoms with Gasteiger partial charge in [0.2, 0.25) is 15.8 Å². The molecule has 2 unspecified atom stereocenters. The second kappa shape index (κ2) is 12.5. The van der Waals surface area contributed by atoms with Gasteiger partial charge in [-0.2, -0.15) is 0 Å². The van der Waals surface area contributed by atoms with Gasteiger partial charge in [0.25, 0.3) is 5.91 Å². The van der Waals surface area contributed by atoms with E-state index in [-0.39, 0.29) is 23.0 Å². The van der Waals surface area contributed by atoms with E-state index in [2.05, 4.69) is 15.0 Å². The highest BCUT2D eigenvalue weighted by Crippen LogP contribution is 2.23. The molecule has 35 heavy (non-hydrogen) atoms. The standard InChI is InChI=1S/C25H33N3O5S2/c1-17(2)14-21(28-35(32,33)19-9-4-3-5-10-19)22(29)15-18-8-6-11-20-23(34-16-27-20)12-7-13-26-25(31)24(18)30/h3-5,9-10,16-18,21,28H,6-8,11-15H2,1-2H3,(H,26,31). The highest BCUT2D eigenvalue weighted by molar-refractivity contribution is 7.89. The van der Waals surface area contributed by atoms with Crippen LogP contribution in [0.5, 0.6) is 0 Å². The van der Waals surface area contributed by atoms with Crippen molar-refractivity contribution in [2.75, 3.05) is 6.54 Å². The number of nitrogens with one attached hydrogen (secondary N) is 2. The molecule has 0 saturated carbocycles. The molecule has 2 heterocycles. The number of rotatable bonds is 8. The van der Waals surface area contributed by atoms with Crippen LogP contribution < -0.4 is 10.0 Å². The average Bonchev–Trinajstić information content (AvgIpc) is 3.26. The van der Waals surface area contributed by atoms with E-state index in [1.165, 1.54) is 17.0 Å². The average molecular weight is 520 g/mol. The number of amides is 1. The van der Waals surface area contributed by atoms with E-state index in [0.717, 1.165) is 12.1 Å². The molecule has 8 nitrogen and oxygen atoms in total. The van der Waals surface area contributed by atoms with Crippen LogP contribution >= 0.6 is 11.3 Å². The minimum absolute atomic E-state index is 0.0424. The van der Waals surface area contributed by atoms with Gasteiger partial charge in [-0.1, -0.05) is 32.0 Å². The van der Waals surface area contributed by atoms with E-state index in [0.29, 0.717) is 38.6 Å². The van der Waals surface area contributed by atoms with Gasteiger partial charge in [0.1, 0.15) is 0 Å². The van der Waals surface area contributed by atoms with E-state index in [1.807, 2.05) is 19.4 Å². The number of ketones is 2. The highest BCUT2D eigenvalue weighted by atomic mass is 32.2. The number of Topliss-reactive ketones (excluding diaryl/α,β-unsaturated/α-hetero) is 2. The summed E-state index contributed by atoms with van der Waals surface area (Å²) in [6.45, 7) is 4.17. The maximum atomic E-state index is 13.3. The summed E-state index contributed by atoms with van der Waals surface area (Å²) in [6, 6.07) is 6.89. The number of aryl methyl sites for hydroxylation is 2. The lowest BCUT2D eigenvalue weighted by Crippen LogP contribution is -2.44. The summed E-state index contributed by atoms with van der Waals surface area (Å²) in [5.41, 5.74) is 2.82. The van der Waals surface area contributed by atoms with Crippen molar-refractivity contribution < 1.29 is 22.8 Å². The van der Waals surface area contributed by atoms with Crippen LogP contribution in [0.1, 0.15) is 56.5 Å². The zero-order chi connectivity index (χ0) is 25.4. The Morgan fingerprint density at radius 2 is 1.91 bits per heavy atom. The number of thiazole rings is 1. The fourth-order valence-corrected chi connectivity index (χ4v) is 6.34. The van der Waals surface area contributed by atoms with Crippen LogP contribution in [0.15, 0.2) is 40.7 Å². The summed E-state index contributed by atoms with van der Waals surface area (Å²) >= 11 is 1.59. The van der Waals surface area contributed by atoms with Crippen LogP contribution in [-0.4, -0.2) is 43.5 Å². The second-order valence-corrected chi connectivity index (χ2v) is 12.0. The molecular weight excluding hydrogens is 486 g/mol. The van der Waals surface area contributed by atoms with E-state index < -0.39 is 33.7 Å². The SMILES string of the molecule is CC(C)CC(NS(=O)(=O)c1ccccc1)C(=O)CC1CCCc2ncsc2CCCNC(=O)C1=O. The van der Waals surface area contributed by atoms with E-state index in [9.17, 15) is 22.8 Å². The molecule has 2 aromatic rings. The fourth-order valence-electron chi connectivity index (χ4n) is 4.22. The number of sulfonamides is 1. The highest BCUT2D eigenvalue weighted by Gasteiger charge is 2.32. The monoisotopic (exact) mass is 519 g/mol. The molecule has 0 bridgehead atoms. The lowest BCUT2D eigenvalue weighted by atomic mass is 9.87. The molecule has 1 amide bonds. The molecule has 0 radical (unpaired) electrons. The van der Waals surface area contributed by atoms with Crippen LogP contribution in [0.4, 0.5) is 0 Å². The molecule has 0 saturated heterocycles. The van der Waals surface area contributed by atoms with Gasteiger partial charge in [-0.15, -0.1) is 11.3 Å². The normalized spacial score (nSPS) is 18.8. The van der Waals surface area contributed by atoms with Gasteiger partial charge in [-0.3, -0.25) is 14.4 Å². The summed E-state index contributed by atoms with van der Waals surface area (Å²) < 4.78 is 28.3. The number of benzene rings is 1. The first-order chi connectivity index (χ1) is 16.7. The third-order valence-corrected chi connectivity index (χ3v) is 8.47. The van der Waals surface area contributed by atoms with Crippen molar-refractivity contribution in [3.8, 4) is 0 Å². The Kier molecular flexibility index (Phi) is 9.71. The minimum Gasteiger partial charge on any atom is -0.349 e. The van der Waals surface area contributed by atoms with Gasteiger partial charge in [0.15, 0.2) is 5.78 Å². The van der Waals surface area contributed by atoms with Gasteiger partial charge in [0, 0.05) is 23.8 Å².